The zero-order valence-electron chi connectivity index (χ0n) is 9.89. The van der Waals surface area contributed by atoms with Crippen molar-refractivity contribution in [3.8, 4) is 0 Å². The highest BCUT2D eigenvalue weighted by Gasteiger charge is 2.13. The molecule has 0 unspecified atom stereocenters. The summed E-state index contributed by atoms with van der Waals surface area (Å²) in [5.74, 6) is 0. The quantitative estimate of drug-likeness (QED) is 0.863. The van der Waals surface area contributed by atoms with E-state index in [1.165, 1.54) is 6.07 Å². The van der Waals surface area contributed by atoms with Crippen LogP contribution in [0.1, 0.15) is 11.3 Å². The van der Waals surface area contributed by atoms with Gasteiger partial charge in [-0.1, -0.05) is 0 Å². The molecule has 0 aliphatic carbocycles. The van der Waals surface area contributed by atoms with Crippen LogP contribution in [0.4, 0.5) is 0 Å². The molecule has 0 fully saturated rings. The first kappa shape index (κ1) is 14.0. The zero-order valence-corrected chi connectivity index (χ0v) is 11.5. The van der Waals surface area contributed by atoms with Gasteiger partial charge >= 0.3 is 0 Å². The molecular weight excluding hydrogens is 260 g/mol. The number of aryl methyl sites for hydroxylation is 2. The Labute approximate surface area is 107 Å². The third-order valence-corrected chi connectivity index (χ3v) is 4.02. The number of rotatable bonds is 1. The zero-order chi connectivity index (χ0) is 12.1. The molecule has 1 aromatic carbocycles. The number of hydrogen-bond donors (Lipinski definition) is 1. The number of halogens is 1. The third kappa shape index (κ3) is 2.18. The molecule has 0 aliphatic heterocycles. The van der Waals surface area contributed by atoms with Crippen LogP contribution in [-0.2, 0) is 17.1 Å². The van der Waals surface area contributed by atoms with Gasteiger partial charge in [0.1, 0.15) is 0 Å². The van der Waals surface area contributed by atoms with Gasteiger partial charge in [0.2, 0.25) is 10.0 Å². The second-order valence-corrected chi connectivity index (χ2v) is 5.55. The van der Waals surface area contributed by atoms with Crippen LogP contribution in [0.5, 0.6) is 0 Å². The lowest BCUT2D eigenvalue weighted by Gasteiger charge is -2.00. The number of benzene rings is 1. The van der Waals surface area contributed by atoms with Crippen LogP contribution in [0.2, 0.25) is 0 Å². The molecule has 4 nitrogen and oxygen atoms in total. The summed E-state index contributed by atoms with van der Waals surface area (Å²) in [6.45, 7) is 3.98. The van der Waals surface area contributed by atoms with Crippen LogP contribution in [0.15, 0.2) is 23.1 Å². The van der Waals surface area contributed by atoms with Crippen LogP contribution in [0.25, 0.3) is 10.9 Å². The van der Waals surface area contributed by atoms with Gasteiger partial charge in [-0.15, -0.1) is 12.4 Å². The fourth-order valence-corrected chi connectivity index (χ4v) is 2.45. The SMILES string of the molecule is Cc1c(C)n(C)c2ccc(S(N)(=O)=O)cc12.Cl. The molecule has 0 spiro atoms. The maximum atomic E-state index is 11.3. The highest BCUT2D eigenvalue weighted by atomic mass is 35.5. The van der Waals surface area contributed by atoms with Gasteiger partial charge in [-0.05, 0) is 37.6 Å². The molecule has 17 heavy (non-hydrogen) atoms. The van der Waals surface area contributed by atoms with Gasteiger partial charge in [0.05, 0.1) is 4.90 Å². The van der Waals surface area contributed by atoms with Crippen molar-refractivity contribution in [2.24, 2.45) is 12.2 Å². The Bertz CT molecular complexity index is 674. The van der Waals surface area contributed by atoms with Gasteiger partial charge in [0, 0.05) is 23.6 Å². The minimum Gasteiger partial charge on any atom is -0.348 e. The van der Waals surface area contributed by atoms with Crippen molar-refractivity contribution in [1.29, 1.82) is 0 Å². The summed E-state index contributed by atoms with van der Waals surface area (Å²) < 4.78 is 24.5. The lowest BCUT2D eigenvalue weighted by atomic mass is 10.1. The number of sulfonamides is 1. The lowest BCUT2D eigenvalue weighted by molar-refractivity contribution is 0.598. The predicted molar refractivity (Wildman–Crippen MR) is 71.0 cm³/mol. The average molecular weight is 275 g/mol. The molecule has 1 heterocycles. The summed E-state index contributed by atoms with van der Waals surface area (Å²) in [7, 11) is -1.66. The maximum absolute atomic E-state index is 11.3. The monoisotopic (exact) mass is 274 g/mol. The molecule has 0 radical (unpaired) electrons. The molecule has 6 heteroatoms. The van der Waals surface area contributed by atoms with E-state index >= 15 is 0 Å². The van der Waals surface area contributed by atoms with E-state index in [4.69, 9.17) is 5.14 Å². The van der Waals surface area contributed by atoms with Crippen molar-refractivity contribution in [3.63, 3.8) is 0 Å². The van der Waals surface area contributed by atoms with E-state index in [0.29, 0.717) is 0 Å². The topological polar surface area (TPSA) is 65.1 Å². The molecule has 0 saturated heterocycles. The molecule has 2 aromatic rings. The summed E-state index contributed by atoms with van der Waals surface area (Å²) >= 11 is 0. The molecule has 0 amide bonds. The Morgan fingerprint density at radius 3 is 2.35 bits per heavy atom. The number of nitrogens with two attached hydrogens (primary N) is 1. The van der Waals surface area contributed by atoms with Crippen LogP contribution in [0.3, 0.4) is 0 Å². The Morgan fingerprint density at radius 2 is 1.82 bits per heavy atom. The second-order valence-electron chi connectivity index (χ2n) is 3.99. The molecule has 1 aromatic heterocycles. The summed E-state index contributed by atoms with van der Waals surface area (Å²) in [5, 5.41) is 6.04. The van der Waals surface area contributed by atoms with E-state index in [-0.39, 0.29) is 17.3 Å². The van der Waals surface area contributed by atoms with E-state index < -0.39 is 10.0 Å². The highest BCUT2D eigenvalue weighted by molar-refractivity contribution is 7.89. The van der Waals surface area contributed by atoms with Gasteiger partial charge in [-0.25, -0.2) is 13.6 Å². The number of nitrogens with zero attached hydrogens (tertiary/aromatic N) is 1. The molecule has 94 valence electrons. The van der Waals surface area contributed by atoms with Crippen LogP contribution < -0.4 is 5.14 Å². The van der Waals surface area contributed by atoms with Crippen molar-refractivity contribution < 1.29 is 8.42 Å². The fourth-order valence-electron chi connectivity index (χ4n) is 1.91. The fraction of sp³-hybridized carbons (Fsp3) is 0.273. The minimum absolute atomic E-state index is 0. The molecule has 2 N–H and O–H groups in total. The van der Waals surface area contributed by atoms with E-state index in [9.17, 15) is 8.42 Å². The van der Waals surface area contributed by atoms with Gasteiger partial charge in [0.15, 0.2) is 0 Å². The third-order valence-electron chi connectivity index (χ3n) is 3.11. The molecule has 0 atom stereocenters. The summed E-state index contributed by atoms with van der Waals surface area (Å²) in [6.07, 6.45) is 0. The van der Waals surface area contributed by atoms with E-state index in [2.05, 4.69) is 0 Å². The van der Waals surface area contributed by atoms with Gasteiger partial charge in [-0.3, -0.25) is 0 Å². The standard InChI is InChI=1S/C11H14N2O2S.ClH/c1-7-8(2)13(3)11-5-4-9(6-10(7)11)16(12,14)15;/h4-6H,1-3H3,(H2,12,14,15);1H. The number of hydrogen-bond acceptors (Lipinski definition) is 2. The summed E-state index contributed by atoms with van der Waals surface area (Å²) in [6, 6.07) is 4.96. The first-order valence-electron chi connectivity index (χ1n) is 4.91. The smallest absolute Gasteiger partial charge is 0.238 e. The molecule has 0 bridgehead atoms. The Kier molecular flexibility index (Phi) is 3.57. The van der Waals surface area contributed by atoms with E-state index in [1.807, 2.05) is 25.5 Å². The number of fused-ring (bicyclic) bond motifs is 1. The van der Waals surface area contributed by atoms with E-state index in [0.717, 1.165) is 22.2 Å². The van der Waals surface area contributed by atoms with Gasteiger partial charge in [0.25, 0.3) is 0 Å². The van der Waals surface area contributed by atoms with Crippen molar-refractivity contribution in [2.45, 2.75) is 18.7 Å². The molecule has 0 aliphatic rings. The predicted octanol–water partition coefficient (Wildman–Crippen LogP) is 1.86. The maximum Gasteiger partial charge on any atom is 0.238 e. The van der Waals surface area contributed by atoms with Crippen molar-refractivity contribution in [1.82, 2.24) is 4.57 Å². The normalized spacial score (nSPS) is 11.5. The number of aromatic nitrogens is 1. The summed E-state index contributed by atoms with van der Waals surface area (Å²) in [4.78, 5) is 0.161. The molecular formula is C11H15ClN2O2S. The first-order valence-corrected chi connectivity index (χ1v) is 6.45. The van der Waals surface area contributed by atoms with Crippen LogP contribution in [0, 0.1) is 13.8 Å². The Balaban J connectivity index is 0.00000144. The van der Waals surface area contributed by atoms with Crippen molar-refractivity contribution in [3.05, 3.63) is 29.5 Å². The summed E-state index contributed by atoms with van der Waals surface area (Å²) in [5.41, 5.74) is 3.23. The average Bonchev–Trinajstić information content (AvgIpc) is 2.43. The molecule has 2 rings (SSSR count). The molecule has 0 saturated carbocycles. The largest absolute Gasteiger partial charge is 0.348 e. The first-order chi connectivity index (χ1) is 7.32. The highest BCUT2D eigenvalue weighted by Crippen LogP contribution is 2.26. The lowest BCUT2D eigenvalue weighted by Crippen LogP contribution is -2.11. The second kappa shape index (κ2) is 4.33. The van der Waals surface area contributed by atoms with Crippen LogP contribution in [-0.4, -0.2) is 13.0 Å². The van der Waals surface area contributed by atoms with Crippen molar-refractivity contribution >= 4 is 33.3 Å². The van der Waals surface area contributed by atoms with Crippen molar-refractivity contribution in [2.75, 3.05) is 0 Å². The Morgan fingerprint density at radius 1 is 1.24 bits per heavy atom. The van der Waals surface area contributed by atoms with Crippen LogP contribution >= 0.6 is 12.4 Å². The Hall–Kier alpha value is -1.04. The minimum atomic E-state index is -3.62. The van der Waals surface area contributed by atoms with Gasteiger partial charge < -0.3 is 4.57 Å². The van der Waals surface area contributed by atoms with Gasteiger partial charge in [-0.2, -0.15) is 0 Å². The van der Waals surface area contributed by atoms with E-state index in [1.54, 1.807) is 12.1 Å². The number of primary sulfonamides is 1.